The van der Waals surface area contributed by atoms with Gasteiger partial charge in [-0.15, -0.1) is 0 Å². The highest BCUT2D eigenvalue weighted by Crippen LogP contribution is 2.38. The van der Waals surface area contributed by atoms with Crippen molar-refractivity contribution in [2.75, 3.05) is 43.9 Å². The van der Waals surface area contributed by atoms with E-state index in [2.05, 4.69) is 111 Å². The molecule has 304 valence electrons. The summed E-state index contributed by atoms with van der Waals surface area (Å²) in [7, 11) is -5.89. The van der Waals surface area contributed by atoms with Crippen molar-refractivity contribution < 1.29 is 22.7 Å². The first-order valence-corrected chi connectivity index (χ1v) is 24.3. The lowest BCUT2D eigenvalue weighted by molar-refractivity contribution is 0.106. The molecule has 56 heavy (non-hydrogen) atoms. The Kier molecular flexibility index (Phi) is 16.4. The zero-order valence-corrected chi connectivity index (χ0v) is 35.9. The summed E-state index contributed by atoms with van der Waals surface area (Å²) in [4.78, 5) is 0. The monoisotopic (exact) mass is 799 g/mol. The summed E-state index contributed by atoms with van der Waals surface area (Å²) in [5, 5.41) is 19.9. The standard InChI is InChI=1S/C46H65N3O5SSi/c1-5-6-7-8-9-16-35-55(51,52)49-33-30-40(31-34-49)48-39-23-21-38(22-24-39)29-32-47-36-41(50)37-53-42-25-27-43(28-26-42)54-56(46(2,3)4,44-17-12-10-13-18-44)45-19-14-11-15-20-45/h10-15,17-28,40-41,47-48,50H,5-9,16,29-37H2,1-4H3/t41-/m0/s1. The van der Waals surface area contributed by atoms with Gasteiger partial charge in [-0.05, 0) is 89.6 Å². The van der Waals surface area contributed by atoms with E-state index in [1.807, 2.05) is 36.4 Å². The molecule has 1 saturated heterocycles. The van der Waals surface area contributed by atoms with E-state index >= 15 is 0 Å². The SMILES string of the molecule is CCCCCCCCS(=O)(=O)N1CCC(Nc2ccc(CCNC[C@H](O)COc3ccc(O[Si](c4ccccc4)(c4ccccc4)C(C)(C)C)cc3)cc2)CC1. The maximum atomic E-state index is 12.8. The molecule has 0 amide bonds. The van der Waals surface area contributed by atoms with Crippen LogP contribution in [0.5, 0.6) is 11.5 Å². The molecule has 1 aliphatic heterocycles. The predicted octanol–water partition coefficient (Wildman–Crippen LogP) is 7.76. The minimum absolute atomic E-state index is 0.136. The molecule has 10 heteroatoms. The zero-order valence-electron chi connectivity index (χ0n) is 34.1. The molecule has 0 aliphatic carbocycles. The number of ether oxygens (including phenoxy) is 1. The average Bonchev–Trinajstić information content (AvgIpc) is 3.20. The van der Waals surface area contributed by atoms with Gasteiger partial charge in [0.2, 0.25) is 10.0 Å². The van der Waals surface area contributed by atoms with Crippen LogP contribution in [0.2, 0.25) is 5.04 Å². The van der Waals surface area contributed by atoms with Gasteiger partial charge in [0.05, 0.1) is 5.75 Å². The lowest BCUT2D eigenvalue weighted by Gasteiger charge is -2.43. The van der Waals surface area contributed by atoms with Crippen molar-refractivity contribution in [2.45, 2.75) is 103 Å². The molecule has 1 heterocycles. The number of aliphatic hydroxyl groups excluding tert-OH is 1. The highest BCUT2D eigenvalue weighted by molar-refractivity contribution is 7.89. The minimum atomic E-state index is -3.16. The van der Waals surface area contributed by atoms with Crippen molar-refractivity contribution in [3.05, 3.63) is 115 Å². The van der Waals surface area contributed by atoms with Crippen LogP contribution < -0.4 is 30.2 Å². The molecule has 0 bridgehead atoms. The number of nitrogens with zero attached hydrogens (tertiary/aromatic N) is 1. The van der Waals surface area contributed by atoms with Crippen LogP contribution in [0.15, 0.2) is 109 Å². The van der Waals surface area contributed by atoms with Crippen molar-refractivity contribution in [1.82, 2.24) is 9.62 Å². The Morgan fingerprint density at radius 3 is 1.95 bits per heavy atom. The van der Waals surface area contributed by atoms with E-state index in [4.69, 9.17) is 9.16 Å². The van der Waals surface area contributed by atoms with Gasteiger partial charge in [-0.3, -0.25) is 0 Å². The Labute approximate surface area is 338 Å². The van der Waals surface area contributed by atoms with E-state index in [-0.39, 0.29) is 23.4 Å². The van der Waals surface area contributed by atoms with Crippen LogP contribution in [0.3, 0.4) is 0 Å². The third kappa shape index (κ3) is 12.4. The van der Waals surface area contributed by atoms with Gasteiger partial charge in [-0.1, -0.05) is 133 Å². The second-order valence-corrected chi connectivity index (χ2v) is 22.6. The summed E-state index contributed by atoms with van der Waals surface area (Å²) in [6, 6.07) is 37.7. The molecule has 5 rings (SSSR count). The number of anilines is 1. The van der Waals surface area contributed by atoms with Gasteiger partial charge in [-0.25, -0.2) is 12.7 Å². The molecule has 3 N–H and O–H groups in total. The molecule has 1 fully saturated rings. The quantitative estimate of drug-likeness (QED) is 0.0552. The fourth-order valence-electron chi connectivity index (χ4n) is 7.66. The summed E-state index contributed by atoms with van der Waals surface area (Å²) in [5.41, 5.74) is 2.27. The van der Waals surface area contributed by atoms with Crippen LogP contribution in [0.25, 0.3) is 0 Å². The first-order chi connectivity index (χ1) is 27.0. The van der Waals surface area contributed by atoms with Crippen LogP contribution in [-0.4, -0.2) is 76.8 Å². The van der Waals surface area contributed by atoms with Gasteiger partial charge < -0.3 is 24.9 Å². The maximum Gasteiger partial charge on any atom is 0.319 e. The van der Waals surface area contributed by atoms with E-state index in [1.54, 1.807) is 4.31 Å². The van der Waals surface area contributed by atoms with Crippen molar-refractivity contribution in [1.29, 1.82) is 0 Å². The lowest BCUT2D eigenvalue weighted by Crippen LogP contribution is -2.68. The number of sulfonamides is 1. The summed E-state index contributed by atoms with van der Waals surface area (Å²) < 4.78 is 40.4. The Bertz CT molecular complexity index is 1770. The van der Waals surface area contributed by atoms with Gasteiger partial charge in [0.25, 0.3) is 0 Å². The molecule has 0 saturated carbocycles. The number of aliphatic hydroxyl groups is 1. The first-order valence-electron chi connectivity index (χ1n) is 20.7. The molecule has 4 aromatic rings. The van der Waals surface area contributed by atoms with E-state index in [0.717, 1.165) is 56.5 Å². The molecular formula is C46H65N3O5SSi. The summed E-state index contributed by atoms with van der Waals surface area (Å²) in [6.45, 7) is 11.5. The zero-order chi connectivity index (χ0) is 39.9. The number of benzene rings is 4. The van der Waals surface area contributed by atoms with Crippen molar-refractivity contribution in [2.24, 2.45) is 0 Å². The van der Waals surface area contributed by atoms with Crippen LogP contribution in [0, 0.1) is 0 Å². The minimum Gasteiger partial charge on any atom is -0.534 e. The smallest absolute Gasteiger partial charge is 0.319 e. The van der Waals surface area contributed by atoms with E-state index in [9.17, 15) is 13.5 Å². The predicted molar refractivity (Wildman–Crippen MR) is 235 cm³/mol. The van der Waals surface area contributed by atoms with E-state index < -0.39 is 24.4 Å². The Hall–Kier alpha value is -3.67. The molecule has 1 aliphatic rings. The largest absolute Gasteiger partial charge is 0.534 e. The molecule has 1 atom stereocenters. The number of unbranched alkanes of at least 4 members (excludes halogenated alkanes) is 5. The Balaban J connectivity index is 1.00. The van der Waals surface area contributed by atoms with Crippen LogP contribution in [0.1, 0.15) is 84.6 Å². The fourth-order valence-corrected chi connectivity index (χ4v) is 13.7. The normalized spacial score (nSPS) is 15.0. The topological polar surface area (TPSA) is 100 Å². The number of piperidine rings is 1. The molecular weight excluding hydrogens is 735 g/mol. The maximum absolute atomic E-state index is 12.8. The number of hydrogen-bond donors (Lipinski definition) is 3. The Morgan fingerprint density at radius 1 is 0.786 bits per heavy atom. The summed E-state index contributed by atoms with van der Waals surface area (Å²) in [6.07, 6.45) is 8.35. The van der Waals surface area contributed by atoms with Crippen LogP contribution in [0.4, 0.5) is 5.69 Å². The summed E-state index contributed by atoms with van der Waals surface area (Å²) in [5.74, 6) is 1.76. The second kappa shape index (κ2) is 21.2. The van der Waals surface area contributed by atoms with Crippen LogP contribution in [-0.2, 0) is 16.4 Å². The van der Waals surface area contributed by atoms with E-state index in [0.29, 0.717) is 25.4 Å². The van der Waals surface area contributed by atoms with Gasteiger partial charge in [0.15, 0.2) is 0 Å². The number of nitrogens with one attached hydrogen (secondary N) is 2. The lowest BCUT2D eigenvalue weighted by atomic mass is 10.1. The molecule has 4 aromatic carbocycles. The van der Waals surface area contributed by atoms with E-state index in [1.165, 1.54) is 35.2 Å². The molecule has 0 radical (unpaired) electrons. The molecule has 0 aromatic heterocycles. The van der Waals surface area contributed by atoms with Gasteiger partial charge in [0.1, 0.15) is 24.2 Å². The summed E-state index contributed by atoms with van der Waals surface area (Å²) >= 11 is 0. The first kappa shape index (κ1) is 43.4. The highest BCUT2D eigenvalue weighted by Gasteiger charge is 2.52. The van der Waals surface area contributed by atoms with Gasteiger partial charge >= 0.3 is 8.32 Å². The second-order valence-electron chi connectivity index (χ2n) is 16.3. The van der Waals surface area contributed by atoms with Gasteiger partial charge in [0, 0.05) is 31.4 Å². The van der Waals surface area contributed by atoms with Crippen molar-refractivity contribution >= 4 is 34.4 Å². The van der Waals surface area contributed by atoms with Crippen molar-refractivity contribution in [3.63, 3.8) is 0 Å². The molecule has 0 spiro atoms. The van der Waals surface area contributed by atoms with Crippen LogP contribution >= 0.6 is 0 Å². The fraction of sp³-hybridized carbons (Fsp3) is 0.478. The van der Waals surface area contributed by atoms with Gasteiger partial charge in [-0.2, -0.15) is 0 Å². The third-order valence-corrected chi connectivity index (χ3v) is 17.8. The van der Waals surface area contributed by atoms with Crippen molar-refractivity contribution in [3.8, 4) is 11.5 Å². The number of rotatable bonds is 22. The number of hydrogen-bond acceptors (Lipinski definition) is 7. The molecule has 0 unspecified atom stereocenters. The highest BCUT2D eigenvalue weighted by atomic mass is 32.2. The molecule has 8 nitrogen and oxygen atoms in total. The Morgan fingerprint density at radius 2 is 1.36 bits per heavy atom. The average molecular weight is 800 g/mol. The third-order valence-electron chi connectivity index (χ3n) is 10.9.